The van der Waals surface area contributed by atoms with Gasteiger partial charge in [-0.1, -0.05) is 19.1 Å². The highest BCUT2D eigenvalue weighted by Crippen LogP contribution is 2.33. The zero-order chi connectivity index (χ0) is 18.1. The molecule has 1 fully saturated rings. The summed E-state index contributed by atoms with van der Waals surface area (Å²) in [5, 5.41) is 6.89. The van der Waals surface area contributed by atoms with E-state index in [1.54, 1.807) is 0 Å². The van der Waals surface area contributed by atoms with Crippen LogP contribution >= 0.6 is 0 Å². The van der Waals surface area contributed by atoms with Gasteiger partial charge in [0.2, 0.25) is 0 Å². The van der Waals surface area contributed by atoms with Crippen molar-refractivity contribution in [2.24, 2.45) is 0 Å². The van der Waals surface area contributed by atoms with E-state index in [2.05, 4.69) is 35.7 Å². The van der Waals surface area contributed by atoms with Crippen molar-refractivity contribution in [1.82, 2.24) is 9.55 Å². The van der Waals surface area contributed by atoms with E-state index in [9.17, 15) is 0 Å². The molecule has 2 aromatic rings. The van der Waals surface area contributed by atoms with Gasteiger partial charge in [-0.25, -0.2) is 4.98 Å². The molecule has 1 N–H and O–H groups in total. The van der Waals surface area contributed by atoms with Gasteiger partial charge in [-0.2, -0.15) is 0 Å². The minimum absolute atomic E-state index is 0.202. The van der Waals surface area contributed by atoms with Crippen molar-refractivity contribution in [3.05, 3.63) is 36.7 Å². The average molecular weight is 346 g/mol. The van der Waals surface area contributed by atoms with Crippen molar-refractivity contribution in [1.29, 1.82) is 0 Å². The molecule has 1 aliphatic rings. The van der Waals surface area contributed by atoms with Crippen LogP contribution < -0.4 is 4.74 Å². The van der Waals surface area contributed by atoms with Crippen LogP contribution in [-0.2, 0) is 9.53 Å². The fourth-order valence-electron chi connectivity index (χ4n) is 2.83. The van der Waals surface area contributed by atoms with Crippen LogP contribution in [0.5, 0.6) is 5.75 Å². The Kier molecular flexibility index (Phi) is 7.47. The fraction of sp³-hybridized carbons (Fsp3) is 0.474. The molecule has 1 saturated heterocycles. The van der Waals surface area contributed by atoms with E-state index in [4.69, 9.17) is 19.4 Å². The largest absolute Gasteiger partial charge is 0.490 e. The number of hydrogen-bond acceptors (Lipinski definition) is 4. The molecule has 1 aromatic carbocycles. The maximum atomic E-state index is 8.36. The van der Waals surface area contributed by atoms with Gasteiger partial charge >= 0.3 is 0 Å². The third kappa shape index (κ3) is 5.06. The van der Waals surface area contributed by atoms with Gasteiger partial charge < -0.3 is 19.1 Å². The number of nitrogens with zero attached hydrogens (tertiary/aromatic N) is 2. The number of carboxylic acid groups (broad SMARTS) is 1. The predicted molar refractivity (Wildman–Crippen MR) is 95.8 cm³/mol. The molecule has 1 aromatic heterocycles. The van der Waals surface area contributed by atoms with Gasteiger partial charge in [0.15, 0.2) is 0 Å². The number of benzene rings is 1. The van der Waals surface area contributed by atoms with Crippen molar-refractivity contribution in [3.63, 3.8) is 0 Å². The topological polar surface area (TPSA) is 73.6 Å². The van der Waals surface area contributed by atoms with Gasteiger partial charge in [-0.15, -0.1) is 0 Å². The second-order valence-corrected chi connectivity index (χ2v) is 5.94. The summed E-state index contributed by atoms with van der Waals surface area (Å²) < 4.78 is 13.8. The van der Waals surface area contributed by atoms with E-state index in [0.717, 1.165) is 49.6 Å². The average Bonchev–Trinajstić information content (AvgIpc) is 3.13. The Morgan fingerprint density at radius 1 is 1.40 bits per heavy atom. The molecule has 1 unspecified atom stereocenters. The summed E-state index contributed by atoms with van der Waals surface area (Å²) in [6, 6.07) is 8.65. The fourth-order valence-corrected chi connectivity index (χ4v) is 2.83. The third-order valence-electron chi connectivity index (χ3n) is 4.28. The zero-order valence-corrected chi connectivity index (χ0v) is 14.8. The van der Waals surface area contributed by atoms with Crippen LogP contribution in [0.3, 0.4) is 0 Å². The molecule has 0 radical (unpaired) electrons. The van der Waals surface area contributed by atoms with Crippen molar-refractivity contribution in [3.8, 4) is 17.1 Å². The van der Waals surface area contributed by atoms with Crippen LogP contribution in [0.25, 0.3) is 11.4 Å². The van der Waals surface area contributed by atoms with E-state index < -0.39 is 0 Å². The molecule has 6 heteroatoms. The van der Waals surface area contributed by atoms with E-state index in [0.29, 0.717) is 6.04 Å². The summed E-state index contributed by atoms with van der Waals surface area (Å²) in [6.45, 7) is 5.64. The molecule has 0 bridgehead atoms. The van der Waals surface area contributed by atoms with Gasteiger partial charge in [0.1, 0.15) is 11.6 Å². The number of hydrogen-bond donors (Lipinski definition) is 1. The highest BCUT2D eigenvalue weighted by Gasteiger charge is 2.20. The van der Waals surface area contributed by atoms with Crippen molar-refractivity contribution >= 4 is 6.47 Å². The van der Waals surface area contributed by atoms with Crippen LogP contribution in [0, 0.1) is 0 Å². The summed E-state index contributed by atoms with van der Waals surface area (Å²) in [7, 11) is 0. The molecular formula is C19H26N2O4. The summed E-state index contributed by atoms with van der Waals surface area (Å²) >= 11 is 0. The first-order valence-electron chi connectivity index (χ1n) is 8.65. The summed E-state index contributed by atoms with van der Waals surface area (Å²) in [6.07, 6.45) is 7.22. The number of ether oxygens (including phenoxy) is 2. The standard InChI is InChI=1S/C18H24N2O2.CH2O2/c1-3-14(2)22-17-7-5-4-6-16(17)18-19-10-11-20(18)15-8-12-21-13-9-15;2-1-3/h4-7,10-11,14-15H,3,8-9,12-13H2,1-2H3;1H,(H,2,3). The zero-order valence-electron chi connectivity index (χ0n) is 14.8. The summed E-state index contributed by atoms with van der Waals surface area (Å²) in [5.74, 6) is 1.90. The maximum Gasteiger partial charge on any atom is 0.290 e. The van der Waals surface area contributed by atoms with Crippen molar-refractivity contribution in [2.45, 2.75) is 45.3 Å². The highest BCUT2D eigenvalue weighted by molar-refractivity contribution is 5.64. The first-order valence-corrected chi connectivity index (χ1v) is 8.65. The van der Waals surface area contributed by atoms with Crippen LogP contribution in [-0.4, -0.2) is 40.4 Å². The van der Waals surface area contributed by atoms with Gasteiger partial charge in [0.25, 0.3) is 6.47 Å². The number of para-hydroxylation sites is 1. The van der Waals surface area contributed by atoms with Gasteiger partial charge in [-0.05, 0) is 38.3 Å². The minimum atomic E-state index is -0.250. The number of aromatic nitrogens is 2. The van der Waals surface area contributed by atoms with Gasteiger partial charge in [-0.3, -0.25) is 4.79 Å². The Bertz CT molecular complexity index is 650. The Labute approximate surface area is 148 Å². The van der Waals surface area contributed by atoms with Crippen LogP contribution in [0.1, 0.15) is 39.2 Å². The van der Waals surface area contributed by atoms with Crippen LogP contribution in [0.2, 0.25) is 0 Å². The second-order valence-electron chi connectivity index (χ2n) is 5.94. The first-order chi connectivity index (χ1) is 12.2. The number of rotatable bonds is 5. The second kappa shape index (κ2) is 9.84. The van der Waals surface area contributed by atoms with Gasteiger partial charge in [0, 0.05) is 31.6 Å². The Morgan fingerprint density at radius 3 is 2.76 bits per heavy atom. The van der Waals surface area contributed by atoms with E-state index >= 15 is 0 Å². The molecule has 0 spiro atoms. The molecular weight excluding hydrogens is 320 g/mol. The lowest BCUT2D eigenvalue weighted by Gasteiger charge is -2.25. The summed E-state index contributed by atoms with van der Waals surface area (Å²) in [5.41, 5.74) is 1.07. The highest BCUT2D eigenvalue weighted by atomic mass is 16.5. The molecule has 0 amide bonds. The monoisotopic (exact) mass is 346 g/mol. The Morgan fingerprint density at radius 2 is 2.08 bits per heavy atom. The number of imidazole rings is 1. The quantitative estimate of drug-likeness (QED) is 0.834. The normalized spacial score (nSPS) is 15.8. The molecule has 2 heterocycles. The number of carbonyl (C=O) groups is 1. The molecule has 0 saturated carbocycles. The molecule has 1 atom stereocenters. The molecule has 1 aliphatic heterocycles. The van der Waals surface area contributed by atoms with Crippen LogP contribution in [0.15, 0.2) is 36.7 Å². The van der Waals surface area contributed by atoms with Crippen molar-refractivity contribution in [2.75, 3.05) is 13.2 Å². The van der Waals surface area contributed by atoms with Gasteiger partial charge in [0.05, 0.1) is 11.7 Å². The van der Waals surface area contributed by atoms with Crippen LogP contribution in [0.4, 0.5) is 0 Å². The molecule has 6 nitrogen and oxygen atoms in total. The lowest BCUT2D eigenvalue weighted by Crippen LogP contribution is -2.20. The van der Waals surface area contributed by atoms with E-state index in [1.807, 2.05) is 24.4 Å². The predicted octanol–water partition coefficient (Wildman–Crippen LogP) is 3.78. The minimum Gasteiger partial charge on any atom is -0.490 e. The van der Waals surface area contributed by atoms with E-state index in [1.165, 1.54) is 0 Å². The first kappa shape index (κ1) is 19.0. The van der Waals surface area contributed by atoms with Crippen molar-refractivity contribution < 1.29 is 19.4 Å². The molecule has 136 valence electrons. The lowest BCUT2D eigenvalue weighted by atomic mass is 10.1. The molecule has 3 rings (SSSR count). The Balaban J connectivity index is 0.000000701. The Hall–Kier alpha value is -2.34. The third-order valence-corrected chi connectivity index (χ3v) is 4.28. The maximum absolute atomic E-state index is 8.36. The van der Waals surface area contributed by atoms with E-state index in [-0.39, 0.29) is 12.6 Å². The smallest absolute Gasteiger partial charge is 0.290 e. The SMILES string of the molecule is CCC(C)Oc1ccccc1-c1nccn1C1CCOCC1.O=CO. The molecule has 25 heavy (non-hydrogen) atoms. The molecule has 0 aliphatic carbocycles. The summed E-state index contributed by atoms with van der Waals surface area (Å²) in [4.78, 5) is 13.0. The lowest BCUT2D eigenvalue weighted by molar-refractivity contribution is -0.122.